The molecule has 220 valence electrons. The van der Waals surface area contributed by atoms with E-state index in [9.17, 15) is 14.7 Å². The molecule has 0 bridgehead atoms. The molecule has 5 atom stereocenters. The second-order valence-electron chi connectivity index (χ2n) is 12.3. The fourth-order valence-corrected chi connectivity index (χ4v) is 10.5. The molecule has 6 nitrogen and oxygen atoms in total. The lowest BCUT2D eigenvalue weighted by Crippen LogP contribution is -2.48. The molecule has 0 unspecified atom stereocenters. The van der Waals surface area contributed by atoms with Gasteiger partial charge in [0.25, 0.3) is 5.91 Å². The Hall–Kier alpha value is -2.60. The Morgan fingerprint density at radius 1 is 1.10 bits per heavy atom. The number of nitrogens with zero attached hydrogens (tertiary/aromatic N) is 2. The van der Waals surface area contributed by atoms with Crippen molar-refractivity contribution in [3.05, 3.63) is 98.6 Å². The van der Waals surface area contributed by atoms with E-state index in [1.54, 1.807) is 22.9 Å². The minimum atomic E-state index is -3.42. The maximum absolute atomic E-state index is 16.3. The Morgan fingerprint density at radius 3 is 2.48 bits per heavy atom. The Bertz CT molecular complexity index is 1520. The first-order valence-electron chi connectivity index (χ1n) is 14.5. The van der Waals surface area contributed by atoms with Crippen LogP contribution in [0.2, 0.25) is 18.6 Å². The predicted molar refractivity (Wildman–Crippen MR) is 171 cm³/mol. The van der Waals surface area contributed by atoms with Crippen LogP contribution >= 0.6 is 22.6 Å². The maximum Gasteiger partial charge on any atom is 0.264 e. The van der Waals surface area contributed by atoms with Crippen molar-refractivity contribution < 1.29 is 23.5 Å². The number of aliphatic hydroxyl groups is 1. The van der Waals surface area contributed by atoms with Gasteiger partial charge in [0.15, 0.2) is 5.60 Å². The Balaban J connectivity index is 1.36. The summed E-state index contributed by atoms with van der Waals surface area (Å²) in [6.07, 6.45) is -0.237. The van der Waals surface area contributed by atoms with Gasteiger partial charge in [-0.1, -0.05) is 61.5 Å². The van der Waals surface area contributed by atoms with Crippen molar-refractivity contribution in [2.75, 3.05) is 11.5 Å². The van der Waals surface area contributed by atoms with Crippen molar-refractivity contribution in [2.24, 2.45) is 5.92 Å². The summed E-state index contributed by atoms with van der Waals surface area (Å²) in [5.74, 6) is -0.854. The van der Waals surface area contributed by atoms with E-state index in [1.165, 1.54) is 0 Å². The lowest BCUT2D eigenvalue weighted by Gasteiger charge is -2.37. The molecule has 0 radical (unpaired) electrons. The average molecular weight is 699 g/mol. The summed E-state index contributed by atoms with van der Waals surface area (Å²) < 4.78 is 24.0. The number of carbonyl (C=O) groups excluding carboxylic acids is 2. The fraction of sp³-hybridized carbons (Fsp3) is 0.394. The summed E-state index contributed by atoms with van der Waals surface area (Å²) in [4.78, 5) is 31.9. The van der Waals surface area contributed by atoms with E-state index >= 15 is 4.11 Å². The zero-order chi connectivity index (χ0) is 29.8. The quantitative estimate of drug-likeness (QED) is 0.197. The van der Waals surface area contributed by atoms with E-state index in [0.29, 0.717) is 19.5 Å². The molecular formula is C33H36FIN2O4Si. The number of aliphatic hydroxyl groups excluding tert-OH is 1. The van der Waals surface area contributed by atoms with Crippen LogP contribution in [0.25, 0.3) is 0 Å². The number of amides is 2. The van der Waals surface area contributed by atoms with Crippen LogP contribution in [0.15, 0.2) is 72.8 Å². The molecule has 0 aromatic heterocycles. The topological polar surface area (TPSA) is 70.1 Å². The summed E-state index contributed by atoms with van der Waals surface area (Å²) in [6.45, 7) is 5.83. The van der Waals surface area contributed by atoms with Crippen molar-refractivity contribution in [1.82, 2.24) is 4.90 Å². The molecule has 1 fully saturated rings. The molecule has 3 heterocycles. The molecule has 3 aromatic rings. The molecule has 1 spiro atoms. The van der Waals surface area contributed by atoms with Crippen molar-refractivity contribution in [3.63, 3.8) is 0 Å². The maximum atomic E-state index is 16.3. The third-order valence-electron chi connectivity index (χ3n) is 9.37. The number of rotatable bonds is 6. The van der Waals surface area contributed by atoms with Gasteiger partial charge in [0.1, 0.15) is 0 Å². The highest BCUT2D eigenvalue weighted by molar-refractivity contribution is 14.1. The van der Waals surface area contributed by atoms with Crippen LogP contribution in [-0.4, -0.2) is 49.0 Å². The van der Waals surface area contributed by atoms with Crippen LogP contribution in [0, 0.1) is 9.49 Å². The molecule has 6 rings (SSSR count). The van der Waals surface area contributed by atoms with Gasteiger partial charge in [-0.25, -0.2) is 0 Å². The molecule has 1 saturated heterocycles. The molecule has 3 aliphatic heterocycles. The first-order chi connectivity index (χ1) is 20.0. The number of halogens is 2. The van der Waals surface area contributed by atoms with Crippen LogP contribution in [0.5, 0.6) is 0 Å². The van der Waals surface area contributed by atoms with Gasteiger partial charge in [-0.15, -0.1) is 0 Å². The van der Waals surface area contributed by atoms with E-state index < -0.39 is 31.6 Å². The van der Waals surface area contributed by atoms with E-state index in [2.05, 4.69) is 22.6 Å². The fourth-order valence-electron chi connectivity index (χ4n) is 7.47. The van der Waals surface area contributed by atoms with Gasteiger partial charge in [-0.3, -0.25) is 9.59 Å². The summed E-state index contributed by atoms with van der Waals surface area (Å²) in [5.41, 5.74) is 2.74. The van der Waals surface area contributed by atoms with Gasteiger partial charge in [0.2, 0.25) is 14.3 Å². The Labute approximate surface area is 261 Å². The lowest BCUT2D eigenvalue weighted by molar-refractivity contribution is -0.151. The summed E-state index contributed by atoms with van der Waals surface area (Å²) in [7, 11) is -3.42. The smallest absolute Gasteiger partial charge is 0.264 e. The molecule has 1 N–H and O–H groups in total. The molecule has 0 saturated carbocycles. The van der Waals surface area contributed by atoms with Gasteiger partial charge in [-0.2, -0.15) is 0 Å². The minimum absolute atomic E-state index is 0.0407. The zero-order valence-corrected chi connectivity index (χ0v) is 27.3. The number of hydrogen-bond acceptors (Lipinski definition) is 4. The van der Waals surface area contributed by atoms with Gasteiger partial charge < -0.3 is 23.8 Å². The standard InChI is InChI=1S/C33H36FIN2O4Si/c1-21-31(42(2,3)34)29(17-30(39)36-19-24-12-8-7-11-23(24)15-26(36)20-38)41-33(21)27-16-25(35)13-14-28(27)37(32(33)40)18-22-9-5-4-6-10-22/h4-14,16,21,26,29,31,38H,15,17-20H2,1-3H3/t21-,26-,29+,31-,33+/m0/s1. The molecule has 2 amide bonds. The summed E-state index contributed by atoms with van der Waals surface area (Å²) >= 11 is 2.24. The number of carbonyl (C=O) groups is 2. The third kappa shape index (κ3) is 4.91. The van der Waals surface area contributed by atoms with Crippen molar-refractivity contribution in [3.8, 4) is 0 Å². The summed E-state index contributed by atoms with van der Waals surface area (Å²) in [5, 5.41) is 10.2. The van der Waals surface area contributed by atoms with E-state index in [4.69, 9.17) is 4.74 Å². The second kappa shape index (κ2) is 11.2. The second-order valence-corrected chi connectivity index (χ2v) is 17.4. The monoisotopic (exact) mass is 698 g/mol. The number of fused-ring (bicyclic) bond motifs is 3. The van der Waals surface area contributed by atoms with Gasteiger partial charge >= 0.3 is 0 Å². The zero-order valence-electron chi connectivity index (χ0n) is 24.1. The van der Waals surface area contributed by atoms with Crippen LogP contribution < -0.4 is 4.90 Å². The van der Waals surface area contributed by atoms with Crippen molar-refractivity contribution in [2.45, 2.75) is 69.2 Å². The van der Waals surface area contributed by atoms with Gasteiger partial charge in [0, 0.05) is 27.1 Å². The van der Waals surface area contributed by atoms with Crippen LogP contribution in [-0.2, 0) is 39.4 Å². The molecule has 3 aromatic carbocycles. The highest BCUT2D eigenvalue weighted by Gasteiger charge is 2.67. The number of anilines is 1. The van der Waals surface area contributed by atoms with E-state index in [1.807, 2.05) is 79.7 Å². The predicted octanol–water partition coefficient (Wildman–Crippen LogP) is 5.95. The van der Waals surface area contributed by atoms with Crippen molar-refractivity contribution in [1.29, 1.82) is 0 Å². The highest BCUT2D eigenvalue weighted by atomic mass is 127. The van der Waals surface area contributed by atoms with Gasteiger partial charge in [-0.05, 0) is 77.0 Å². The Morgan fingerprint density at radius 2 is 1.79 bits per heavy atom. The molecule has 42 heavy (non-hydrogen) atoms. The van der Waals surface area contributed by atoms with E-state index in [0.717, 1.165) is 31.5 Å². The lowest BCUT2D eigenvalue weighted by atomic mass is 9.82. The third-order valence-corrected chi connectivity index (χ3v) is 12.5. The molecule has 0 aliphatic carbocycles. The number of ether oxygens (including phenoxy) is 1. The summed E-state index contributed by atoms with van der Waals surface area (Å²) in [6, 6.07) is 23.3. The molecular weight excluding hydrogens is 662 g/mol. The van der Waals surface area contributed by atoms with E-state index in [-0.39, 0.29) is 30.9 Å². The van der Waals surface area contributed by atoms with Crippen LogP contribution in [0.4, 0.5) is 9.80 Å². The molecule has 9 heteroatoms. The van der Waals surface area contributed by atoms with Crippen LogP contribution in [0.3, 0.4) is 0 Å². The normalized spacial score (nSPS) is 27.0. The number of hydrogen-bond donors (Lipinski definition) is 1. The van der Waals surface area contributed by atoms with Crippen molar-refractivity contribution >= 4 is 48.5 Å². The van der Waals surface area contributed by atoms with Crippen LogP contribution in [0.1, 0.15) is 35.6 Å². The SMILES string of the molecule is C[C@H]1[C@H]([Si](C)(C)F)[C@@H](CC(=O)N2Cc3ccccc3C[C@H]2CO)O[C@]12C(=O)N(Cc1ccccc1)c1ccc(I)cc12. The minimum Gasteiger partial charge on any atom is -0.394 e. The first kappa shape index (κ1) is 29.5. The highest BCUT2D eigenvalue weighted by Crippen LogP contribution is 2.60. The largest absolute Gasteiger partial charge is 0.394 e. The average Bonchev–Trinajstić information content (AvgIpc) is 3.39. The molecule has 3 aliphatic rings. The Kier molecular flexibility index (Phi) is 7.82. The van der Waals surface area contributed by atoms with Gasteiger partial charge in [0.05, 0.1) is 37.4 Å². The first-order valence-corrected chi connectivity index (χ1v) is 18.6. The number of benzene rings is 3.